The van der Waals surface area contributed by atoms with E-state index in [2.05, 4.69) is 21.8 Å². The maximum Gasteiger partial charge on any atom is 0.356 e. The first-order valence-electron chi connectivity index (χ1n) is 9.35. The van der Waals surface area contributed by atoms with E-state index in [1.165, 1.54) is 6.20 Å². The van der Waals surface area contributed by atoms with Crippen LogP contribution < -0.4 is 4.74 Å². The Morgan fingerprint density at radius 1 is 1.23 bits per heavy atom. The molecule has 0 radical (unpaired) electrons. The number of likely N-dealkylation sites (N-methyl/N-ethyl adjacent to an activating group) is 1. The maximum atomic E-state index is 11.9. The number of hydrogen-bond acceptors (Lipinski definition) is 6. The molecule has 2 aromatic rings. The standard InChI is InChI=1S/C17H24N4O3.C2H6/c1-3-23-17(22)15-13-18-16-12-14(4-5-21(15)16)24-11-10-20-8-6-19(2)7-9-20;1-2/h4-5,12-13H,3,6-11H2,1-2H3;1-2H3. The lowest BCUT2D eigenvalue weighted by Gasteiger charge is -2.32. The second-order valence-corrected chi connectivity index (χ2v) is 5.95. The van der Waals surface area contributed by atoms with E-state index in [9.17, 15) is 4.79 Å². The molecule has 7 heteroatoms. The molecule has 7 nitrogen and oxygen atoms in total. The predicted octanol–water partition coefficient (Wildman–Crippen LogP) is 2.16. The van der Waals surface area contributed by atoms with Crippen LogP contribution in [-0.2, 0) is 4.74 Å². The lowest BCUT2D eigenvalue weighted by atomic mass is 10.3. The fraction of sp³-hybridized carbons (Fsp3) is 0.579. The molecule has 1 aliphatic rings. The molecule has 0 spiro atoms. The summed E-state index contributed by atoms with van der Waals surface area (Å²) in [5, 5.41) is 0. The Morgan fingerprint density at radius 2 is 1.96 bits per heavy atom. The van der Waals surface area contributed by atoms with Crippen LogP contribution in [0, 0.1) is 0 Å². The number of hydrogen-bond donors (Lipinski definition) is 0. The van der Waals surface area contributed by atoms with Gasteiger partial charge in [0.15, 0.2) is 5.69 Å². The van der Waals surface area contributed by atoms with E-state index in [1.54, 1.807) is 17.5 Å². The molecule has 0 aromatic carbocycles. The average Bonchev–Trinajstić information content (AvgIpc) is 3.08. The number of pyridine rings is 1. The lowest BCUT2D eigenvalue weighted by molar-refractivity contribution is 0.0518. The zero-order valence-corrected chi connectivity index (χ0v) is 16.3. The molecule has 2 aromatic heterocycles. The van der Waals surface area contributed by atoms with E-state index in [-0.39, 0.29) is 5.97 Å². The predicted molar refractivity (Wildman–Crippen MR) is 102 cm³/mol. The quantitative estimate of drug-likeness (QED) is 0.734. The van der Waals surface area contributed by atoms with Crippen molar-refractivity contribution in [2.24, 2.45) is 0 Å². The Labute approximate surface area is 155 Å². The topological polar surface area (TPSA) is 59.3 Å². The van der Waals surface area contributed by atoms with E-state index in [0.717, 1.165) is 38.5 Å². The molecular formula is C19H30N4O3. The Morgan fingerprint density at radius 3 is 2.65 bits per heavy atom. The van der Waals surface area contributed by atoms with Gasteiger partial charge in [-0.2, -0.15) is 0 Å². The van der Waals surface area contributed by atoms with Crippen LogP contribution in [0.2, 0.25) is 0 Å². The van der Waals surface area contributed by atoms with Crippen LogP contribution in [0.4, 0.5) is 0 Å². The molecule has 0 unspecified atom stereocenters. The highest BCUT2D eigenvalue weighted by Gasteiger charge is 2.15. The van der Waals surface area contributed by atoms with Gasteiger partial charge in [-0.1, -0.05) is 13.8 Å². The van der Waals surface area contributed by atoms with Crippen LogP contribution in [-0.4, -0.2) is 78.1 Å². The van der Waals surface area contributed by atoms with Crippen LogP contribution >= 0.6 is 0 Å². The molecule has 0 aliphatic carbocycles. The van der Waals surface area contributed by atoms with Crippen molar-refractivity contribution >= 4 is 11.6 Å². The van der Waals surface area contributed by atoms with Gasteiger partial charge in [0.2, 0.25) is 0 Å². The second kappa shape index (κ2) is 10.1. The molecule has 1 fully saturated rings. The molecule has 0 amide bonds. The van der Waals surface area contributed by atoms with Gasteiger partial charge in [0.25, 0.3) is 0 Å². The van der Waals surface area contributed by atoms with E-state index < -0.39 is 0 Å². The lowest BCUT2D eigenvalue weighted by Crippen LogP contribution is -2.45. The van der Waals surface area contributed by atoms with Crippen LogP contribution in [0.25, 0.3) is 5.65 Å². The largest absolute Gasteiger partial charge is 0.492 e. The minimum absolute atomic E-state index is 0.347. The number of carbonyl (C=O) groups excluding carboxylic acids is 1. The normalized spacial score (nSPS) is 15.4. The number of esters is 1. The van der Waals surface area contributed by atoms with Crippen molar-refractivity contribution in [3.8, 4) is 5.75 Å². The van der Waals surface area contributed by atoms with Gasteiger partial charge < -0.3 is 14.4 Å². The van der Waals surface area contributed by atoms with Crippen molar-refractivity contribution in [2.75, 3.05) is 53.0 Å². The van der Waals surface area contributed by atoms with E-state index in [0.29, 0.717) is 24.6 Å². The highest BCUT2D eigenvalue weighted by Crippen LogP contribution is 2.16. The molecule has 3 rings (SSSR count). The summed E-state index contributed by atoms with van der Waals surface area (Å²) in [5.74, 6) is 0.395. The Balaban J connectivity index is 0.00000117. The number of aromatic nitrogens is 2. The zero-order chi connectivity index (χ0) is 18.9. The number of ether oxygens (including phenoxy) is 2. The SMILES string of the molecule is CC.CCOC(=O)c1cnc2cc(OCCN3CCN(C)CC3)ccn12. The Hall–Kier alpha value is -2.12. The highest BCUT2D eigenvalue weighted by atomic mass is 16.5. The second-order valence-electron chi connectivity index (χ2n) is 5.95. The minimum Gasteiger partial charge on any atom is -0.492 e. The first-order chi connectivity index (χ1) is 12.7. The number of fused-ring (bicyclic) bond motifs is 1. The number of carbonyl (C=O) groups is 1. The van der Waals surface area contributed by atoms with Gasteiger partial charge >= 0.3 is 5.97 Å². The first kappa shape index (κ1) is 20.2. The molecule has 1 saturated heterocycles. The van der Waals surface area contributed by atoms with Crippen LogP contribution in [0.15, 0.2) is 24.5 Å². The average molecular weight is 362 g/mol. The fourth-order valence-corrected chi connectivity index (χ4v) is 2.77. The Bertz CT molecular complexity index is 693. The monoisotopic (exact) mass is 362 g/mol. The zero-order valence-electron chi connectivity index (χ0n) is 16.3. The van der Waals surface area contributed by atoms with E-state index in [4.69, 9.17) is 9.47 Å². The van der Waals surface area contributed by atoms with Crippen molar-refractivity contribution in [2.45, 2.75) is 20.8 Å². The van der Waals surface area contributed by atoms with Crippen molar-refractivity contribution in [3.63, 3.8) is 0 Å². The highest BCUT2D eigenvalue weighted by molar-refractivity contribution is 5.88. The van der Waals surface area contributed by atoms with Gasteiger partial charge in [-0.3, -0.25) is 9.30 Å². The molecule has 26 heavy (non-hydrogen) atoms. The van der Waals surface area contributed by atoms with Crippen LogP contribution in [0.5, 0.6) is 5.75 Å². The minimum atomic E-state index is -0.367. The summed E-state index contributed by atoms with van der Waals surface area (Å²) >= 11 is 0. The Kier molecular flexibility index (Phi) is 7.87. The number of imidazole rings is 1. The van der Waals surface area contributed by atoms with Crippen LogP contribution in [0.3, 0.4) is 0 Å². The van der Waals surface area contributed by atoms with Crippen molar-refractivity contribution in [1.29, 1.82) is 0 Å². The summed E-state index contributed by atoms with van der Waals surface area (Å²) in [5.41, 5.74) is 1.10. The van der Waals surface area contributed by atoms with Gasteiger partial charge in [-0.25, -0.2) is 9.78 Å². The van der Waals surface area contributed by atoms with E-state index >= 15 is 0 Å². The third-order valence-electron chi connectivity index (χ3n) is 4.24. The molecule has 0 N–H and O–H groups in total. The third kappa shape index (κ3) is 5.19. The molecule has 144 valence electrons. The maximum absolute atomic E-state index is 11.9. The van der Waals surface area contributed by atoms with Gasteiger partial charge in [0.05, 0.1) is 12.8 Å². The molecule has 0 saturated carbocycles. The number of rotatable bonds is 6. The summed E-state index contributed by atoms with van der Waals surface area (Å²) < 4.78 is 12.6. The van der Waals surface area contributed by atoms with Gasteiger partial charge in [-0.15, -0.1) is 0 Å². The third-order valence-corrected chi connectivity index (χ3v) is 4.24. The summed E-state index contributed by atoms with van der Waals surface area (Å²) in [4.78, 5) is 20.9. The molecule has 0 bridgehead atoms. The molecule has 1 aliphatic heterocycles. The van der Waals surface area contributed by atoms with Gasteiger partial charge in [-0.05, 0) is 20.0 Å². The summed E-state index contributed by atoms with van der Waals surface area (Å²) in [7, 11) is 2.15. The molecular weight excluding hydrogens is 332 g/mol. The summed E-state index contributed by atoms with van der Waals surface area (Å²) in [6, 6.07) is 3.69. The van der Waals surface area contributed by atoms with Crippen molar-refractivity contribution in [3.05, 3.63) is 30.2 Å². The molecule has 0 atom stereocenters. The summed E-state index contributed by atoms with van der Waals surface area (Å²) in [6.07, 6.45) is 3.32. The smallest absolute Gasteiger partial charge is 0.356 e. The molecule has 3 heterocycles. The van der Waals surface area contributed by atoms with Crippen molar-refractivity contribution < 1.29 is 14.3 Å². The van der Waals surface area contributed by atoms with E-state index in [1.807, 2.05) is 26.0 Å². The first-order valence-corrected chi connectivity index (χ1v) is 9.35. The van der Waals surface area contributed by atoms with Crippen molar-refractivity contribution in [1.82, 2.24) is 19.2 Å². The summed E-state index contributed by atoms with van der Waals surface area (Å²) in [6.45, 7) is 12.1. The van der Waals surface area contributed by atoms with Crippen LogP contribution in [0.1, 0.15) is 31.3 Å². The number of nitrogens with zero attached hydrogens (tertiary/aromatic N) is 4. The fourth-order valence-electron chi connectivity index (χ4n) is 2.77. The van der Waals surface area contributed by atoms with Gasteiger partial charge in [0.1, 0.15) is 18.0 Å². The van der Waals surface area contributed by atoms with Gasteiger partial charge in [0, 0.05) is 45.0 Å². The number of piperazine rings is 1.